The zero-order valence-electron chi connectivity index (χ0n) is 12.0. The van der Waals surface area contributed by atoms with Crippen molar-refractivity contribution in [2.75, 3.05) is 24.6 Å². The van der Waals surface area contributed by atoms with Gasteiger partial charge in [0.25, 0.3) is 0 Å². The summed E-state index contributed by atoms with van der Waals surface area (Å²) in [5, 5.41) is 18.5. The van der Waals surface area contributed by atoms with Crippen LogP contribution in [0, 0.1) is 5.92 Å². The molecule has 0 aliphatic carbocycles. The van der Waals surface area contributed by atoms with Crippen LogP contribution in [0.3, 0.4) is 0 Å². The lowest BCUT2D eigenvalue weighted by Gasteiger charge is -2.31. The smallest absolute Gasteiger partial charge is 0.325 e. The molecule has 0 bridgehead atoms. The van der Waals surface area contributed by atoms with E-state index in [0.717, 1.165) is 6.42 Å². The minimum absolute atomic E-state index is 0.109. The number of aliphatic hydroxyl groups excluding tert-OH is 1. The molecule has 21 heavy (non-hydrogen) atoms. The highest BCUT2D eigenvalue weighted by atomic mass is 16.4. The van der Waals surface area contributed by atoms with Crippen molar-refractivity contribution in [2.24, 2.45) is 5.92 Å². The highest BCUT2D eigenvalue weighted by Gasteiger charge is 2.36. The van der Waals surface area contributed by atoms with Crippen molar-refractivity contribution < 1.29 is 19.8 Å². The van der Waals surface area contributed by atoms with E-state index in [1.807, 2.05) is 6.92 Å². The summed E-state index contributed by atoms with van der Waals surface area (Å²) in [4.78, 5) is 26.5. The molecule has 2 amide bonds. The van der Waals surface area contributed by atoms with Gasteiger partial charge in [0.1, 0.15) is 6.54 Å². The maximum Gasteiger partial charge on any atom is 0.325 e. The summed E-state index contributed by atoms with van der Waals surface area (Å²) in [6, 6.07) is 8.11. The molecule has 0 spiro atoms. The third-order valence-electron chi connectivity index (χ3n) is 3.91. The summed E-state index contributed by atoms with van der Waals surface area (Å²) in [7, 11) is 0. The van der Waals surface area contributed by atoms with Gasteiger partial charge in [-0.1, -0.05) is 25.1 Å². The molecule has 6 heteroatoms. The molecule has 1 aromatic rings. The Morgan fingerprint density at radius 2 is 2.00 bits per heavy atom. The van der Waals surface area contributed by atoms with Crippen LogP contribution in [0.15, 0.2) is 30.3 Å². The molecule has 0 aromatic heterocycles. The summed E-state index contributed by atoms with van der Waals surface area (Å²) in [5.41, 5.74) is 0.543. The number of rotatable bonds is 4. The van der Waals surface area contributed by atoms with E-state index >= 15 is 0 Å². The Morgan fingerprint density at radius 3 is 2.57 bits per heavy atom. The molecular formula is C15H20N2O4. The first-order chi connectivity index (χ1) is 10.0. The van der Waals surface area contributed by atoms with E-state index in [0.29, 0.717) is 12.2 Å². The molecule has 6 nitrogen and oxygen atoms in total. The van der Waals surface area contributed by atoms with E-state index < -0.39 is 12.5 Å². The molecule has 1 aliphatic rings. The number of anilines is 1. The number of nitrogens with zero attached hydrogens (tertiary/aromatic N) is 2. The summed E-state index contributed by atoms with van der Waals surface area (Å²) in [5.74, 6) is -0.860. The van der Waals surface area contributed by atoms with Crippen molar-refractivity contribution in [3.63, 3.8) is 0 Å². The lowest BCUT2D eigenvalue weighted by atomic mass is 10.0. The SMILES string of the molecule is CC1CCN(C(=O)N(CC(=O)O)c2ccccc2)C1CO. The van der Waals surface area contributed by atoms with Crippen molar-refractivity contribution in [3.8, 4) is 0 Å². The fourth-order valence-corrected chi connectivity index (χ4v) is 2.69. The van der Waals surface area contributed by atoms with Crippen LogP contribution in [0.25, 0.3) is 0 Å². The number of hydrogen-bond donors (Lipinski definition) is 2. The van der Waals surface area contributed by atoms with Gasteiger partial charge >= 0.3 is 12.0 Å². The van der Waals surface area contributed by atoms with Crippen LogP contribution < -0.4 is 4.90 Å². The van der Waals surface area contributed by atoms with Gasteiger partial charge in [-0.15, -0.1) is 0 Å². The molecule has 114 valence electrons. The van der Waals surface area contributed by atoms with Crippen molar-refractivity contribution in [2.45, 2.75) is 19.4 Å². The van der Waals surface area contributed by atoms with Gasteiger partial charge in [-0.2, -0.15) is 0 Å². The highest BCUT2D eigenvalue weighted by Crippen LogP contribution is 2.26. The first-order valence-electron chi connectivity index (χ1n) is 7.00. The van der Waals surface area contributed by atoms with Gasteiger partial charge in [0.2, 0.25) is 0 Å². The van der Waals surface area contributed by atoms with Crippen LogP contribution in [0.1, 0.15) is 13.3 Å². The number of carboxylic acid groups (broad SMARTS) is 1. The first kappa shape index (κ1) is 15.3. The van der Waals surface area contributed by atoms with E-state index in [1.165, 1.54) is 4.90 Å². The van der Waals surface area contributed by atoms with Crippen molar-refractivity contribution in [1.29, 1.82) is 0 Å². The van der Waals surface area contributed by atoms with Gasteiger partial charge in [-0.3, -0.25) is 9.69 Å². The third kappa shape index (κ3) is 3.33. The average Bonchev–Trinajstić information content (AvgIpc) is 2.85. The second-order valence-corrected chi connectivity index (χ2v) is 5.31. The summed E-state index contributed by atoms with van der Waals surface area (Å²) in [6.07, 6.45) is 0.812. The number of likely N-dealkylation sites (tertiary alicyclic amines) is 1. The van der Waals surface area contributed by atoms with Crippen molar-refractivity contribution >= 4 is 17.7 Å². The molecule has 2 N–H and O–H groups in total. The van der Waals surface area contributed by atoms with Crippen molar-refractivity contribution in [3.05, 3.63) is 30.3 Å². The number of para-hydroxylation sites is 1. The van der Waals surface area contributed by atoms with Gasteiger partial charge < -0.3 is 15.1 Å². The van der Waals surface area contributed by atoms with Crippen LogP contribution in [0.5, 0.6) is 0 Å². The quantitative estimate of drug-likeness (QED) is 0.879. The number of aliphatic carboxylic acids is 1. The van der Waals surface area contributed by atoms with Gasteiger partial charge in [-0.25, -0.2) is 4.79 Å². The Hall–Kier alpha value is -2.08. The minimum Gasteiger partial charge on any atom is -0.480 e. The predicted octanol–water partition coefficient (Wildman–Crippen LogP) is 1.40. The molecule has 0 radical (unpaired) electrons. The fourth-order valence-electron chi connectivity index (χ4n) is 2.69. The number of carboxylic acids is 1. The zero-order valence-corrected chi connectivity index (χ0v) is 12.0. The van der Waals surface area contributed by atoms with E-state index in [1.54, 1.807) is 35.2 Å². The Balaban J connectivity index is 2.24. The van der Waals surface area contributed by atoms with E-state index in [-0.39, 0.29) is 24.6 Å². The maximum absolute atomic E-state index is 12.7. The van der Waals surface area contributed by atoms with Crippen molar-refractivity contribution in [1.82, 2.24) is 4.90 Å². The Kier molecular flexibility index (Phi) is 4.80. The number of amides is 2. The standard InChI is InChI=1S/C15H20N2O4/c1-11-7-8-16(13(11)10-18)15(21)17(9-14(19)20)12-5-3-2-4-6-12/h2-6,11,13,18H,7-10H2,1H3,(H,19,20). The van der Waals surface area contributed by atoms with Gasteiger partial charge in [0.15, 0.2) is 0 Å². The molecule has 2 rings (SSSR count). The zero-order chi connectivity index (χ0) is 15.4. The lowest BCUT2D eigenvalue weighted by molar-refractivity contribution is -0.135. The number of carbonyl (C=O) groups excluding carboxylic acids is 1. The summed E-state index contributed by atoms with van der Waals surface area (Å²) in [6.45, 7) is 2.01. The van der Waals surface area contributed by atoms with Crippen LogP contribution in [-0.2, 0) is 4.79 Å². The van der Waals surface area contributed by atoms with E-state index in [9.17, 15) is 14.7 Å². The first-order valence-corrected chi connectivity index (χ1v) is 7.00. The molecular weight excluding hydrogens is 272 g/mol. The number of hydrogen-bond acceptors (Lipinski definition) is 3. The molecule has 2 atom stereocenters. The second-order valence-electron chi connectivity index (χ2n) is 5.31. The summed E-state index contributed by atoms with van der Waals surface area (Å²) >= 11 is 0. The monoisotopic (exact) mass is 292 g/mol. The third-order valence-corrected chi connectivity index (χ3v) is 3.91. The predicted molar refractivity (Wildman–Crippen MR) is 78.2 cm³/mol. The Labute approximate surface area is 123 Å². The van der Waals surface area contributed by atoms with Gasteiger partial charge in [0.05, 0.1) is 12.6 Å². The van der Waals surface area contributed by atoms with E-state index in [4.69, 9.17) is 5.11 Å². The van der Waals surface area contributed by atoms with Crippen LogP contribution >= 0.6 is 0 Å². The molecule has 1 fully saturated rings. The lowest BCUT2D eigenvalue weighted by Crippen LogP contribution is -2.49. The number of benzene rings is 1. The fraction of sp³-hybridized carbons (Fsp3) is 0.467. The van der Waals surface area contributed by atoms with Crippen LogP contribution in [0.2, 0.25) is 0 Å². The normalized spacial score (nSPS) is 21.3. The molecule has 1 aliphatic heterocycles. The Bertz CT molecular complexity index is 506. The highest BCUT2D eigenvalue weighted by molar-refractivity contribution is 5.96. The number of carbonyl (C=O) groups is 2. The summed E-state index contributed by atoms with van der Waals surface area (Å²) < 4.78 is 0. The second kappa shape index (κ2) is 6.58. The largest absolute Gasteiger partial charge is 0.480 e. The average molecular weight is 292 g/mol. The molecule has 1 aromatic carbocycles. The topological polar surface area (TPSA) is 81.1 Å². The van der Waals surface area contributed by atoms with E-state index in [2.05, 4.69) is 0 Å². The van der Waals surface area contributed by atoms with Gasteiger partial charge in [-0.05, 0) is 24.5 Å². The maximum atomic E-state index is 12.7. The molecule has 1 saturated heterocycles. The van der Waals surface area contributed by atoms with Crippen LogP contribution in [-0.4, -0.2) is 52.9 Å². The molecule has 2 unspecified atom stereocenters. The number of urea groups is 1. The molecule has 1 heterocycles. The van der Waals surface area contributed by atoms with Crippen LogP contribution in [0.4, 0.5) is 10.5 Å². The Morgan fingerprint density at radius 1 is 1.33 bits per heavy atom. The number of aliphatic hydroxyl groups is 1. The molecule has 0 saturated carbocycles. The van der Waals surface area contributed by atoms with Gasteiger partial charge in [0, 0.05) is 12.2 Å². The minimum atomic E-state index is -1.07.